The first-order chi connectivity index (χ1) is 8.07. The van der Waals surface area contributed by atoms with Crippen molar-refractivity contribution in [1.29, 1.82) is 0 Å². The third-order valence-corrected chi connectivity index (χ3v) is 3.17. The summed E-state index contributed by atoms with van der Waals surface area (Å²) in [4.78, 5) is 25.3. The standard InChI is InChI=1S/C10H15N5O2/c1-10(9(17)11-2)3-4-15(6-10)8(16)7-5-12-14-13-7/h5H,3-4,6H2,1-2H3,(H,11,17)(H,12,13,14). The molecule has 0 saturated carbocycles. The number of carbonyl (C=O) groups excluding carboxylic acids is 2. The van der Waals surface area contributed by atoms with Crippen LogP contribution in [0.5, 0.6) is 0 Å². The molecule has 0 bridgehead atoms. The van der Waals surface area contributed by atoms with E-state index in [4.69, 9.17) is 0 Å². The largest absolute Gasteiger partial charge is 0.359 e. The van der Waals surface area contributed by atoms with E-state index in [9.17, 15) is 9.59 Å². The normalized spacial score (nSPS) is 23.8. The van der Waals surface area contributed by atoms with Gasteiger partial charge in [0.15, 0.2) is 5.69 Å². The van der Waals surface area contributed by atoms with Gasteiger partial charge >= 0.3 is 0 Å². The monoisotopic (exact) mass is 237 g/mol. The molecule has 1 saturated heterocycles. The molecule has 0 spiro atoms. The van der Waals surface area contributed by atoms with Crippen LogP contribution in [0.15, 0.2) is 6.20 Å². The topological polar surface area (TPSA) is 91.0 Å². The number of aromatic amines is 1. The molecule has 0 radical (unpaired) electrons. The molecule has 1 aliphatic rings. The van der Waals surface area contributed by atoms with Crippen molar-refractivity contribution in [2.75, 3.05) is 20.1 Å². The Morgan fingerprint density at radius 3 is 2.94 bits per heavy atom. The van der Waals surface area contributed by atoms with Crippen LogP contribution in [0.4, 0.5) is 0 Å². The molecule has 0 aliphatic carbocycles. The van der Waals surface area contributed by atoms with Crippen molar-refractivity contribution >= 4 is 11.8 Å². The van der Waals surface area contributed by atoms with Crippen molar-refractivity contribution in [3.63, 3.8) is 0 Å². The van der Waals surface area contributed by atoms with Crippen molar-refractivity contribution in [1.82, 2.24) is 25.6 Å². The molecule has 1 aromatic heterocycles. The molecular formula is C10H15N5O2. The molecule has 1 atom stereocenters. The number of rotatable bonds is 2. The van der Waals surface area contributed by atoms with Gasteiger partial charge in [-0.2, -0.15) is 15.4 Å². The summed E-state index contributed by atoms with van der Waals surface area (Å²) in [7, 11) is 1.61. The molecule has 1 aliphatic heterocycles. The second-order valence-electron chi connectivity index (χ2n) is 4.47. The van der Waals surface area contributed by atoms with Gasteiger partial charge in [-0.05, 0) is 13.3 Å². The van der Waals surface area contributed by atoms with Gasteiger partial charge in [0.05, 0.1) is 11.6 Å². The Balaban J connectivity index is 2.08. The lowest BCUT2D eigenvalue weighted by Crippen LogP contribution is -2.40. The molecular weight excluding hydrogens is 222 g/mol. The maximum Gasteiger partial charge on any atom is 0.276 e. The number of nitrogens with one attached hydrogen (secondary N) is 2. The van der Waals surface area contributed by atoms with Crippen molar-refractivity contribution < 1.29 is 9.59 Å². The molecule has 92 valence electrons. The smallest absolute Gasteiger partial charge is 0.276 e. The number of likely N-dealkylation sites (tertiary alicyclic amines) is 1. The first kappa shape index (κ1) is 11.6. The highest BCUT2D eigenvalue weighted by atomic mass is 16.2. The minimum absolute atomic E-state index is 0.0343. The van der Waals surface area contributed by atoms with Crippen LogP contribution in [-0.2, 0) is 4.79 Å². The first-order valence-corrected chi connectivity index (χ1v) is 5.44. The fraction of sp³-hybridized carbons (Fsp3) is 0.600. The molecule has 1 unspecified atom stereocenters. The van der Waals surface area contributed by atoms with E-state index in [1.165, 1.54) is 6.20 Å². The van der Waals surface area contributed by atoms with Gasteiger partial charge in [-0.3, -0.25) is 9.59 Å². The molecule has 0 aromatic carbocycles. The summed E-state index contributed by atoms with van der Waals surface area (Å²) in [5.74, 6) is -0.223. The number of H-pyrrole nitrogens is 1. The van der Waals surface area contributed by atoms with E-state index in [-0.39, 0.29) is 17.5 Å². The van der Waals surface area contributed by atoms with E-state index in [1.54, 1.807) is 11.9 Å². The fourth-order valence-corrected chi connectivity index (χ4v) is 2.09. The third kappa shape index (κ3) is 2.00. The van der Waals surface area contributed by atoms with Gasteiger partial charge < -0.3 is 10.2 Å². The van der Waals surface area contributed by atoms with Gasteiger partial charge in [-0.25, -0.2) is 0 Å². The number of amides is 2. The Hall–Kier alpha value is -1.92. The lowest BCUT2D eigenvalue weighted by Gasteiger charge is -2.22. The summed E-state index contributed by atoms with van der Waals surface area (Å²) in [5.41, 5.74) is -0.222. The van der Waals surface area contributed by atoms with Crippen molar-refractivity contribution in [3.8, 4) is 0 Å². The van der Waals surface area contributed by atoms with Gasteiger partial charge in [-0.1, -0.05) is 0 Å². The molecule has 1 fully saturated rings. The molecule has 2 N–H and O–H groups in total. The van der Waals surface area contributed by atoms with Crippen molar-refractivity contribution in [3.05, 3.63) is 11.9 Å². The van der Waals surface area contributed by atoms with Crippen LogP contribution >= 0.6 is 0 Å². The highest BCUT2D eigenvalue weighted by Crippen LogP contribution is 2.30. The predicted octanol–water partition coefficient (Wildman–Crippen LogP) is -0.597. The van der Waals surface area contributed by atoms with Crippen LogP contribution in [0.25, 0.3) is 0 Å². The highest BCUT2D eigenvalue weighted by molar-refractivity contribution is 5.93. The van der Waals surface area contributed by atoms with Gasteiger partial charge in [0, 0.05) is 20.1 Å². The van der Waals surface area contributed by atoms with Crippen LogP contribution in [0, 0.1) is 5.41 Å². The average Bonchev–Trinajstić information content (AvgIpc) is 2.96. The van der Waals surface area contributed by atoms with Gasteiger partial charge in [0.1, 0.15) is 0 Å². The van der Waals surface area contributed by atoms with E-state index in [1.807, 2.05) is 6.92 Å². The summed E-state index contributed by atoms with van der Waals surface area (Å²) < 4.78 is 0. The van der Waals surface area contributed by atoms with Crippen molar-refractivity contribution in [2.24, 2.45) is 5.41 Å². The summed E-state index contributed by atoms with van der Waals surface area (Å²) >= 11 is 0. The Labute approximate surface area is 98.6 Å². The number of hydrogen-bond acceptors (Lipinski definition) is 4. The first-order valence-electron chi connectivity index (χ1n) is 5.44. The number of hydrogen-bond donors (Lipinski definition) is 2. The fourth-order valence-electron chi connectivity index (χ4n) is 2.09. The lowest BCUT2D eigenvalue weighted by atomic mass is 9.89. The molecule has 17 heavy (non-hydrogen) atoms. The van der Waals surface area contributed by atoms with E-state index < -0.39 is 5.41 Å². The van der Waals surface area contributed by atoms with Crippen LogP contribution in [-0.4, -0.2) is 52.3 Å². The zero-order valence-corrected chi connectivity index (χ0v) is 9.86. The Bertz CT molecular complexity index is 430. The molecule has 2 heterocycles. The SMILES string of the molecule is CNC(=O)C1(C)CCN(C(=O)c2cn[nH]n2)C1. The summed E-state index contributed by atoms with van der Waals surface area (Å²) in [6, 6.07) is 0. The van der Waals surface area contributed by atoms with E-state index >= 15 is 0 Å². The van der Waals surface area contributed by atoms with Crippen molar-refractivity contribution in [2.45, 2.75) is 13.3 Å². The lowest BCUT2D eigenvalue weighted by molar-refractivity contribution is -0.128. The Morgan fingerprint density at radius 2 is 2.35 bits per heavy atom. The van der Waals surface area contributed by atoms with Crippen LogP contribution < -0.4 is 5.32 Å². The summed E-state index contributed by atoms with van der Waals surface area (Å²) in [6.07, 6.45) is 2.05. The van der Waals surface area contributed by atoms with E-state index in [0.717, 1.165) is 0 Å². The minimum atomic E-state index is -0.506. The molecule has 7 heteroatoms. The summed E-state index contributed by atoms with van der Waals surface area (Å²) in [6.45, 7) is 2.84. The Morgan fingerprint density at radius 1 is 1.59 bits per heavy atom. The number of aromatic nitrogens is 3. The second kappa shape index (κ2) is 4.15. The zero-order valence-electron chi connectivity index (χ0n) is 9.86. The molecule has 2 rings (SSSR count). The highest BCUT2D eigenvalue weighted by Gasteiger charge is 2.41. The average molecular weight is 237 g/mol. The quantitative estimate of drug-likeness (QED) is 0.718. The maximum atomic E-state index is 12.0. The molecule has 7 nitrogen and oxygen atoms in total. The zero-order chi connectivity index (χ0) is 12.5. The third-order valence-electron chi connectivity index (χ3n) is 3.17. The van der Waals surface area contributed by atoms with Crippen LogP contribution in [0.1, 0.15) is 23.8 Å². The maximum absolute atomic E-state index is 12.0. The second-order valence-corrected chi connectivity index (χ2v) is 4.47. The van der Waals surface area contributed by atoms with Crippen LogP contribution in [0.3, 0.4) is 0 Å². The predicted molar refractivity (Wildman–Crippen MR) is 59.1 cm³/mol. The number of nitrogens with zero attached hydrogens (tertiary/aromatic N) is 3. The Kier molecular flexibility index (Phi) is 2.83. The number of carbonyl (C=O) groups is 2. The molecule has 2 amide bonds. The van der Waals surface area contributed by atoms with Gasteiger partial charge in [0.25, 0.3) is 5.91 Å². The van der Waals surface area contributed by atoms with Gasteiger partial charge in [-0.15, -0.1) is 0 Å². The summed E-state index contributed by atoms with van der Waals surface area (Å²) in [5, 5.41) is 12.4. The minimum Gasteiger partial charge on any atom is -0.359 e. The van der Waals surface area contributed by atoms with E-state index in [0.29, 0.717) is 19.5 Å². The van der Waals surface area contributed by atoms with Crippen LogP contribution in [0.2, 0.25) is 0 Å². The van der Waals surface area contributed by atoms with Gasteiger partial charge in [0.2, 0.25) is 5.91 Å². The molecule has 1 aromatic rings. The van der Waals surface area contributed by atoms with E-state index in [2.05, 4.69) is 20.7 Å².